The summed E-state index contributed by atoms with van der Waals surface area (Å²) < 4.78 is 11.5. The maximum Gasteiger partial charge on any atom is 0.161 e. The van der Waals surface area contributed by atoms with E-state index >= 15 is 0 Å². The fraction of sp³-hybridized carbons (Fsp3) is 0.250. The van der Waals surface area contributed by atoms with Gasteiger partial charge in [0.05, 0.1) is 14.2 Å². The van der Waals surface area contributed by atoms with Crippen LogP contribution in [0.1, 0.15) is 17.2 Å². The van der Waals surface area contributed by atoms with Gasteiger partial charge in [-0.25, -0.2) is 0 Å². The van der Waals surface area contributed by atoms with Gasteiger partial charge in [-0.2, -0.15) is 0 Å². The van der Waals surface area contributed by atoms with Crippen LogP contribution in [0.15, 0.2) is 40.9 Å². The van der Waals surface area contributed by atoms with Crippen LogP contribution in [0.2, 0.25) is 5.02 Å². The van der Waals surface area contributed by atoms with E-state index in [-0.39, 0.29) is 6.04 Å². The number of nitrogens with two attached hydrogens (primary N) is 1. The van der Waals surface area contributed by atoms with Crippen LogP contribution in [0, 0.1) is 0 Å². The van der Waals surface area contributed by atoms with Crippen molar-refractivity contribution in [2.45, 2.75) is 12.5 Å². The van der Waals surface area contributed by atoms with Gasteiger partial charge < -0.3 is 15.2 Å². The van der Waals surface area contributed by atoms with Crippen LogP contribution in [0.25, 0.3) is 0 Å². The Labute approximate surface area is 138 Å². The molecule has 1 unspecified atom stereocenters. The molecule has 0 aliphatic carbocycles. The first-order valence-corrected chi connectivity index (χ1v) is 7.63. The molecule has 112 valence electrons. The van der Waals surface area contributed by atoms with Gasteiger partial charge in [-0.3, -0.25) is 0 Å². The van der Waals surface area contributed by atoms with Crippen LogP contribution >= 0.6 is 27.5 Å². The summed E-state index contributed by atoms with van der Waals surface area (Å²) >= 11 is 9.43. The summed E-state index contributed by atoms with van der Waals surface area (Å²) in [4.78, 5) is 0. The van der Waals surface area contributed by atoms with Crippen LogP contribution < -0.4 is 15.2 Å². The molecule has 2 aromatic rings. The second-order valence-corrected chi connectivity index (χ2v) is 5.96. The second-order valence-electron chi connectivity index (χ2n) is 4.67. The molecule has 0 aliphatic rings. The topological polar surface area (TPSA) is 44.5 Å². The highest BCUT2D eigenvalue weighted by Crippen LogP contribution is 2.36. The molecule has 0 amide bonds. The molecule has 3 nitrogen and oxygen atoms in total. The third kappa shape index (κ3) is 3.90. The van der Waals surface area contributed by atoms with Crippen LogP contribution in [0.5, 0.6) is 11.5 Å². The van der Waals surface area contributed by atoms with Gasteiger partial charge >= 0.3 is 0 Å². The third-order valence-electron chi connectivity index (χ3n) is 3.27. The van der Waals surface area contributed by atoms with Gasteiger partial charge in [0, 0.05) is 15.5 Å². The number of benzene rings is 2. The zero-order valence-electron chi connectivity index (χ0n) is 11.9. The van der Waals surface area contributed by atoms with Crippen LogP contribution in [-0.2, 0) is 6.42 Å². The number of hydrogen-bond acceptors (Lipinski definition) is 3. The Morgan fingerprint density at radius 1 is 1.10 bits per heavy atom. The number of rotatable bonds is 5. The maximum atomic E-state index is 6.32. The molecule has 21 heavy (non-hydrogen) atoms. The van der Waals surface area contributed by atoms with Crippen molar-refractivity contribution >= 4 is 27.5 Å². The van der Waals surface area contributed by atoms with Crippen molar-refractivity contribution in [2.75, 3.05) is 14.2 Å². The summed E-state index contributed by atoms with van der Waals surface area (Å²) in [7, 11) is 3.22. The molecule has 0 aromatic heterocycles. The van der Waals surface area contributed by atoms with Gasteiger partial charge in [0.1, 0.15) is 0 Å². The Bertz CT molecular complexity index is 616. The molecule has 2 aromatic carbocycles. The first-order valence-electron chi connectivity index (χ1n) is 6.46. The third-order valence-corrected chi connectivity index (χ3v) is 4.21. The largest absolute Gasteiger partial charge is 0.493 e. The Morgan fingerprint density at radius 3 is 2.24 bits per heavy atom. The number of ether oxygens (including phenoxy) is 2. The lowest BCUT2D eigenvalue weighted by Crippen LogP contribution is -2.14. The first-order chi connectivity index (χ1) is 10.0. The highest BCUT2D eigenvalue weighted by Gasteiger charge is 2.15. The fourth-order valence-corrected chi connectivity index (χ4v) is 2.88. The van der Waals surface area contributed by atoms with Crippen LogP contribution in [-0.4, -0.2) is 14.2 Å². The van der Waals surface area contributed by atoms with E-state index < -0.39 is 0 Å². The van der Waals surface area contributed by atoms with Crippen molar-refractivity contribution in [3.8, 4) is 11.5 Å². The predicted molar refractivity (Wildman–Crippen MR) is 89.3 cm³/mol. The van der Waals surface area contributed by atoms with E-state index in [0.29, 0.717) is 17.9 Å². The van der Waals surface area contributed by atoms with E-state index in [1.807, 2.05) is 36.4 Å². The van der Waals surface area contributed by atoms with Gasteiger partial charge in [0.15, 0.2) is 11.5 Å². The molecule has 0 aliphatic heterocycles. The zero-order valence-corrected chi connectivity index (χ0v) is 14.2. The quantitative estimate of drug-likeness (QED) is 0.850. The van der Waals surface area contributed by atoms with Crippen molar-refractivity contribution in [1.82, 2.24) is 0 Å². The first kappa shape index (κ1) is 16.1. The number of halogens is 2. The van der Waals surface area contributed by atoms with Gasteiger partial charge in [0.25, 0.3) is 0 Å². The Balaban J connectivity index is 2.26. The minimum Gasteiger partial charge on any atom is -0.493 e. The predicted octanol–water partition coefficient (Wildman–Crippen LogP) is 4.36. The van der Waals surface area contributed by atoms with Crippen molar-refractivity contribution in [1.29, 1.82) is 0 Å². The van der Waals surface area contributed by atoms with Gasteiger partial charge in [-0.05, 0) is 41.8 Å². The van der Waals surface area contributed by atoms with E-state index in [0.717, 1.165) is 20.6 Å². The zero-order chi connectivity index (χ0) is 15.4. The molecule has 0 spiro atoms. The lowest BCUT2D eigenvalue weighted by Gasteiger charge is -2.17. The monoisotopic (exact) mass is 369 g/mol. The molecule has 0 radical (unpaired) electrons. The summed E-state index contributed by atoms with van der Waals surface area (Å²) in [6, 6.07) is 11.3. The maximum absolute atomic E-state index is 6.32. The summed E-state index contributed by atoms with van der Waals surface area (Å²) in [6.45, 7) is 0. The Morgan fingerprint density at radius 2 is 1.67 bits per heavy atom. The van der Waals surface area contributed by atoms with E-state index in [1.165, 1.54) is 0 Å². The molecule has 0 heterocycles. The average molecular weight is 371 g/mol. The molecular weight excluding hydrogens is 354 g/mol. The molecule has 0 saturated carbocycles. The van der Waals surface area contributed by atoms with Crippen LogP contribution in [0.3, 0.4) is 0 Å². The second kappa shape index (κ2) is 7.16. The minimum atomic E-state index is -0.152. The smallest absolute Gasteiger partial charge is 0.161 e. The van der Waals surface area contributed by atoms with Gasteiger partial charge in [-0.1, -0.05) is 39.7 Å². The molecule has 5 heteroatoms. The standard InChI is InChI=1S/C16H17BrClNO2/c1-20-15-8-12(13(17)9-16(15)21-2)14(19)7-10-3-5-11(18)6-4-10/h3-6,8-9,14H,7,19H2,1-2H3. The molecule has 2 rings (SSSR count). The molecule has 0 bridgehead atoms. The van der Waals surface area contributed by atoms with Gasteiger partial charge in [0.2, 0.25) is 0 Å². The van der Waals surface area contributed by atoms with E-state index in [4.69, 9.17) is 26.8 Å². The van der Waals surface area contributed by atoms with E-state index in [2.05, 4.69) is 15.9 Å². The van der Waals surface area contributed by atoms with E-state index in [9.17, 15) is 0 Å². The highest BCUT2D eigenvalue weighted by molar-refractivity contribution is 9.10. The fourth-order valence-electron chi connectivity index (χ4n) is 2.14. The summed E-state index contributed by atoms with van der Waals surface area (Å²) in [5.41, 5.74) is 8.43. The SMILES string of the molecule is COc1cc(Br)c(C(N)Cc2ccc(Cl)cc2)cc1OC. The number of hydrogen-bond donors (Lipinski definition) is 1. The van der Waals surface area contributed by atoms with Crippen molar-refractivity contribution in [2.24, 2.45) is 5.73 Å². The lowest BCUT2D eigenvalue weighted by molar-refractivity contribution is 0.354. The van der Waals surface area contributed by atoms with Crippen LogP contribution in [0.4, 0.5) is 0 Å². The van der Waals surface area contributed by atoms with Crippen molar-refractivity contribution in [3.63, 3.8) is 0 Å². The summed E-state index contributed by atoms with van der Waals surface area (Å²) in [5.74, 6) is 1.34. The molecule has 2 N–H and O–H groups in total. The lowest BCUT2D eigenvalue weighted by atomic mass is 9.99. The molecule has 1 atom stereocenters. The van der Waals surface area contributed by atoms with E-state index in [1.54, 1.807) is 14.2 Å². The minimum absolute atomic E-state index is 0.152. The molecular formula is C16H17BrClNO2. The summed E-state index contributed by atoms with van der Waals surface area (Å²) in [5, 5.41) is 0.722. The van der Waals surface area contributed by atoms with Gasteiger partial charge in [-0.15, -0.1) is 0 Å². The molecule has 0 fully saturated rings. The van der Waals surface area contributed by atoms with Crippen molar-refractivity contribution < 1.29 is 9.47 Å². The molecule has 0 saturated heterocycles. The normalized spacial score (nSPS) is 12.0. The average Bonchev–Trinajstić information content (AvgIpc) is 2.49. The Hall–Kier alpha value is -1.23. The highest BCUT2D eigenvalue weighted by atomic mass is 79.9. The Kier molecular flexibility index (Phi) is 5.51. The van der Waals surface area contributed by atoms with Crippen molar-refractivity contribution in [3.05, 3.63) is 57.0 Å². The number of methoxy groups -OCH3 is 2. The summed E-state index contributed by atoms with van der Waals surface area (Å²) in [6.07, 6.45) is 0.714.